The number of hydrogen-bond donors (Lipinski definition) is 1. The van der Waals surface area contributed by atoms with E-state index in [1.165, 1.54) is 12.1 Å². The smallest absolute Gasteiger partial charge is 0.274 e. The van der Waals surface area contributed by atoms with E-state index in [1.807, 2.05) is 0 Å². The minimum atomic E-state index is -0.402. The second kappa shape index (κ2) is 6.70. The monoisotopic (exact) mass is 263 g/mol. The molecule has 1 aromatic rings. The van der Waals surface area contributed by atoms with Crippen LogP contribution in [0.4, 0.5) is 0 Å². The number of methoxy groups -OCH3 is 1. The van der Waals surface area contributed by atoms with E-state index >= 15 is 0 Å². The molecule has 0 aliphatic heterocycles. The maximum absolute atomic E-state index is 11.5. The van der Waals surface area contributed by atoms with Crippen LogP contribution in [0, 0.1) is 0 Å². The van der Waals surface area contributed by atoms with Crippen LogP contribution >= 0.6 is 23.2 Å². The van der Waals surface area contributed by atoms with Gasteiger partial charge in [0.15, 0.2) is 0 Å². The van der Waals surface area contributed by atoms with Crippen molar-refractivity contribution in [3.8, 4) is 0 Å². The summed E-state index contributed by atoms with van der Waals surface area (Å²) in [4.78, 5) is 16.4. The van der Waals surface area contributed by atoms with Crippen molar-refractivity contribution in [3.63, 3.8) is 0 Å². The van der Waals surface area contributed by atoms with E-state index in [9.17, 15) is 4.79 Å². The van der Waals surface area contributed by atoms with E-state index in [-0.39, 0.29) is 6.61 Å². The van der Waals surface area contributed by atoms with Crippen LogP contribution in [-0.2, 0) is 9.57 Å². The summed E-state index contributed by atoms with van der Waals surface area (Å²) in [6.45, 7) is 0.674. The fraction of sp³-hybridized carbons (Fsp3) is 0.300. The minimum absolute atomic E-state index is 0.274. The number of ether oxygens (including phenoxy) is 1. The fourth-order valence-corrected chi connectivity index (χ4v) is 1.51. The molecule has 0 spiro atoms. The highest BCUT2D eigenvalue weighted by molar-refractivity contribution is 6.35. The standard InChI is InChI=1S/C10H11Cl2NO3/c1-15-2-3-16-13-10(14)7-4-8(11)6-9(12)5-7/h4-6H,2-3H2,1H3,(H,13,14). The lowest BCUT2D eigenvalue weighted by Crippen LogP contribution is -2.25. The van der Waals surface area contributed by atoms with Gasteiger partial charge in [-0.15, -0.1) is 0 Å². The molecular formula is C10H11Cl2NO3. The van der Waals surface area contributed by atoms with Crippen LogP contribution < -0.4 is 5.48 Å². The maximum atomic E-state index is 11.5. The zero-order valence-electron chi connectivity index (χ0n) is 8.63. The lowest BCUT2D eigenvalue weighted by atomic mass is 10.2. The van der Waals surface area contributed by atoms with E-state index in [0.29, 0.717) is 22.2 Å². The number of amides is 1. The Morgan fingerprint density at radius 2 is 1.88 bits per heavy atom. The first-order chi connectivity index (χ1) is 7.63. The van der Waals surface area contributed by atoms with E-state index in [2.05, 4.69) is 5.48 Å². The molecule has 0 aromatic heterocycles. The Labute approximate surface area is 103 Å². The van der Waals surface area contributed by atoms with Gasteiger partial charge in [-0.3, -0.25) is 9.63 Å². The molecule has 1 rings (SSSR count). The molecule has 0 aliphatic carbocycles. The summed E-state index contributed by atoms with van der Waals surface area (Å²) in [5.41, 5.74) is 2.59. The number of carbonyl (C=O) groups is 1. The number of hydrogen-bond acceptors (Lipinski definition) is 3. The molecule has 0 unspecified atom stereocenters. The second-order valence-corrected chi connectivity index (χ2v) is 3.80. The van der Waals surface area contributed by atoms with Gasteiger partial charge in [0.25, 0.3) is 5.91 Å². The van der Waals surface area contributed by atoms with Crippen LogP contribution in [0.2, 0.25) is 10.0 Å². The Balaban J connectivity index is 2.52. The predicted molar refractivity (Wildman–Crippen MR) is 61.8 cm³/mol. The Hall–Kier alpha value is -0.810. The fourth-order valence-electron chi connectivity index (χ4n) is 0.985. The number of rotatable bonds is 5. The number of hydroxylamine groups is 1. The third kappa shape index (κ3) is 4.37. The molecule has 6 heteroatoms. The summed E-state index contributed by atoms with van der Waals surface area (Å²) in [7, 11) is 1.54. The van der Waals surface area contributed by atoms with Crippen molar-refractivity contribution in [2.75, 3.05) is 20.3 Å². The van der Waals surface area contributed by atoms with Gasteiger partial charge in [0.1, 0.15) is 0 Å². The molecule has 0 radical (unpaired) electrons. The van der Waals surface area contributed by atoms with Crippen LogP contribution in [-0.4, -0.2) is 26.2 Å². The minimum Gasteiger partial charge on any atom is -0.382 e. The average Bonchev–Trinajstić information content (AvgIpc) is 2.22. The number of carbonyl (C=O) groups excluding carboxylic acids is 1. The zero-order valence-corrected chi connectivity index (χ0v) is 10.1. The van der Waals surface area contributed by atoms with Crippen molar-refractivity contribution in [3.05, 3.63) is 33.8 Å². The normalized spacial score (nSPS) is 10.2. The molecule has 0 heterocycles. The first kappa shape index (κ1) is 13.3. The lowest BCUT2D eigenvalue weighted by molar-refractivity contribution is 0.00889. The zero-order chi connectivity index (χ0) is 12.0. The van der Waals surface area contributed by atoms with Crippen molar-refractivity contribution in [2.45, 2.75) is 0 Å². The number of halogens is 2. The number of benzene rings is 1. The van der Waals surface area contributed by atoms with Gasteiger partial charge in [-0.2, -0.15) is 0 Å². The number of nitrogens with one attached hydrogen (secondary N) is 1. The van der Waals surface area contributed by atoms with Crippen molar-refractivity contribution >= 4 is 29.1 Å². The highest BCUT2D eigenvalue weighted by atomic mass is 35.5. The predicted octanol–water partition coefficient (Wildman–Crippen LogP) is 2.30. The SMILES string of the molecule is COCCONC(=O)c1cc(Cl)cc(Cl)c1. The molecule has 88 valence electrons. The maximum Gasteiger partial charge on any atom is 0.274 e. The Bertz CT molecular complexity index is 351. The average molecular weight is 264 g/mol. The largest absolute Gasteiger partial charge is 0.382 e. The second-order valence-electron chi connectivity index (χ2n) is 2.93. The van der Waals surface area contributed by atoms with Crippen molar-refractivity contribution in [1.82, 2.24) is 5.48 Å². The van der Waals surface area contributed by atoms with Gasteiger partial charge in [-0.1, -0.05) is 23.2 Å². The summed E-state index contributed by atoms with van der Waals surface area (Å²) in [5, 5.41) is 0.795. The van der Waals surface area contributed by atoms with Crippen LogP contribution in [0.5, 0.6) is 0 Å². The van der Waals surface area contributed by atoms with Crippen LogP contribution in [0.15, 0.2) is 18.2 Å². The third-order valence-corrected chi connectivity index (χ3v) is 2.12. The van der Waals surface area contributed by atoms with Gasteiger partial charge in [0, 0.05) is 22.7 Å². The molecule has 0 bridgehead atoms. The first-order valence-electron chi connectivity index (χ1n) is 4.50. The van der Waals surface area contributed by atoms with Gasteiger partial charge < -0.3 is 4.74 Å². The van der Waals surface area contributed by atoms with Gasteiger partial charge in [0.2, 0.25) is 0 Å². The van der Waals surface area contributed by atoms with Crippen molar-refractivity contribution in [2.24, 2.45) is 0 Å². The van der Waals surface area contributed by atoms with Gasteiger partial charge in [0.05, 0.1) is 13.2 Å². The van der Waals surface area contributed by atoms with E-state index in [4.69, 9.17) is 32.8 Å². The third-order valence-electron chi connectivity index (χ3n) is 1.68. The quantitative estimate of drug-likeness (QED) is 0.655. The summed E-state index contributed by atoms with van der Waals surface area (Å²) >= 11 is 11.5. The van der Waals surface area contributed by atoms with Crippen LogP contribution in [0.25, 0.3) is 0 Å². The molecule has 1 amide bonds. The molecule has 0 aliphatic rings. The summed E-state index contributed by atoms with van der Waals surface area (Å²) in [6, 6.07) is 4.55. The Morgan fingerprint density at radius 3 is 2.44 bits per heavy atom. The van der Waals surface area contributed by atoms with Crippen molar-refractivity contribution in [1.29, 1.82) is 0 Å². The first-order valence-corrected chi connectivity index (χ1v) is 5.26. The molecule has 0 atom stereocenters. The van der Waals surface area contributed by atoms with E-state index in [0.717, 1.165) is 0 Å². The van der Waals surface area contributed by atoms with Gasteiger partial charge in [-0.25, -0.2) is 5.48 Å². The topological polar surface area (TPSA) is 47.6 Å². The Morgan fingerprint density at radius 1 is 1.25 bits per heavy atom. The highest BCUT2D eigenvalue weighted by Gasteiger charge is 2.07. The van der Waals surface area contributed by atoms with Crippen molar-refractivity contribution < 1.29 is 14.4 Å². The van der Waals surface area contributed by atoms with E-state index < -0.39 is 5.91 Å². The van der Waals surface area contributed by atoms with Crippen LogP contribution in [0.3, 0.4) is 0 Å². The molecule has 1 N–H and O–H groups in total. The van der Waals surface area contributed by atoms with Gasteiger partial charge in [-0.05, 0) is 18.2 Å². The summed E-state index contributed by atoms with van der Waals surface area (Å²) < 4.78 is 4.75. The molecule has 4 nitrogen and oxygen atoms in total. The summed E-state index contributed by atoms with van der Waals surface area (Å²) in [5.74, 6) is -0.402. The molecule has 16 heavy (non-hydrogen) atoms. The lowest BCUT2D eigenvalue weighted by Gasteiger charge is -2.06. The molecular weight excluding hydrogens is 253 g/mol. The molecule has 0 saturated carbocycles. The Kier molecular flexibility index (Phi) is 5.55. The van der Waals surface area contributed by atoms with Gasteiger partial charge >= 0.3 is 0 Å². The molecule has 0 saturated heterocycles. The van der Waals surface area contributed by atoms with E-state index in [1.54, 1.807) is 13.2 Å². The molecule has 1 aromatic carbocycles. The van der Waals surface area contributed by atoms with Crippen LogP contribution in [0.1, 0.15) is 10.4 Å². The summed E-state index contributed by atoms with van der Waals surface area (Å²) in [6.07, 6.45) is 0. The highest BCUT2D eigenvalue weighted by Crippen LogP contribution is 2.18. The molecule has 0 fully saturated rings.